The Bertz CT molecular complexity index is 315. The number of thiophene rings is 1. The molecule has 2 nitrogen and oxygen atoms in total. The molecule has 0 saturated carbocycles. The van der Waals surface area contributed by atoms with E-state index in [1.807, 2.05) is 0 Å². The van der Waals surface area contributed by atoms with Gasteiger partial charge < -0.3 is 9.47 Å². The molecule has 0 radical (unpaired) electrons. The van der Waals surface area contributed by atoms with Crippen molar-refractivity contribution < 1.29 is 9.47 Å². The molecular formula is C10H12Br2O2S. The van der Waals surface area contributed by atoms with Crippen molar-refractivity contribution in [3.05, 3.63) is 20.3 Å². The fourth-order valence-corrected chi connectivity index (χ4v) is 3.80. The predicted octanol–water partition coefficient (Wildman–Crippen LogP) is 3.67. The van der Waals surface area contributed by atoms with E-state index in [9.17, 15) is 0 Å². The number of aryl methyl sites for hydroxylation is 1. The maximum absolute atomic E-state index is 5.66. The van der Waals surface area contributed by atoms with E-state index in [1.54, 1.807) is 11.3 Å². The smallest absolute Gasteiger partial charge is 0.0983 e. The highest BCUT2D eigenvalue weighted by molar-refractivity contribution is 9.11. The zero-order valence-electron chi connectivity index (χ0n) is 8.33. The van der Waals surface area contributed by atoms with E-state index < -0.39 is 0 Å². The largest absolute Gasteiger partial charge is 0.376 e. The van der Waals surface area contributed by atoms with E-state index >= 15 is 0 Å². The molecule has 0 spiro atoms. The van der Waals surface area contributed by atoms with Crippen LogP contribution in [0, 0.1) is 6.92 Å². The summed E-state index contributed by atoms with van der Waals surface area (Å²) in [7, 11) is 0. The summed E-state index contributed by atoms with van der Waals surface area (Å²) in [6, 6.07) is 2.19. The van der Waals surface area contributed by atoms with Crippen molar-refractivity contribution >= 4 is 43.2 Å². The molecule has 0 N–H and O–H groups in total. The lowest BCUT2D eigenvalue weighted by molar-refractivity contribution is -0.0873. The van der Waals surface area contributed by atoms with Crippen LogP contribution in [0.15, 0.2) is 9.85 Å². The van der Waals surface area contributed by atoms with Crippen LogP contribution < -0.4 is 0 Å². The Labute approximate surface area is 110 Å². The molecule has 1 aromatic heterocycles. The van der Waals surface area contributed by atoms with Crippen molar-refractivity contribution in [1.29, 1.82) is 0 Å². The Hall–Kier alpha value is 0.580. The third kappa shape index (κ3) is 2.82. The number of rotatable bonds is 2. The summed E-state index contributed by atoms with van der Waals surface area (Å²) in [6.45, 7) is 4.17. The van der Waals surface area contributed by atoms with Crippen LogP contribution in [0.25, 0.3) is 0 Å². The number of hydrogen-bond donors (Lipinski definition) is 0. The summed E-state index contributed by atoms with van der Waals surface area (Å²) in [5.74, 6) is 0. The second kappa shape index (κ2) is 5.27. The average molecular weight is 356 g/mol. The summed E-state index contributed by atoms with van der Waals surface area (Å²) in [4.78, 5) is 1.52. The number of halogens is 2. The van der Waals surface area contributed by atoms with Crippen LogP contribution in [0.5, 0.6) is 0 Å². The molecule has 5 heteroatoms. The molecule has 0 aromatic carbocycles. The average Bonchev–Trinajstić information content (AvgIpc) is 2.59. The molecule has 2 heterocycles. The van der Waals surface area contributed by atoms with Crippen LogP contribution in [-0.4, -0.2) is 25.9 Å². The lowest BCUT2D eigenvalue weighted by atomic mass is 10.2. The van der Waals surface area contributed by atoms with Crippen LogP contribution in [-0.2, 0) is 9.47 Å². The van der Waals surface area contributed by atoms with Crippen molar-refractivity contribution in [3.8, 4) is 0 Å². The molecule has 2 atom stereocenters. The van der Waals surface area contributed by atoms with Gasteiger partial charge in [-0.05, 0) is 34.5 Å². The monoisotopic (exact) mass is 354 g/mol. The first kappa shape index (κ1) is 12.0. The summed E-state index contributed by atoms with van der Waals surface area (Å²) in [6.07, 6.45) is 0.128. The van der Waals surface area contributed by atoms with Gasteiger partial charge in [0.15, 0.2) is 0 Å². The Morgan fingerprint density at radius 2 is 2.33 bits per heavy atom. The van der Waals surface area contributed by atoms with Crippen molar-refractivity contribution in [3.63, 3.8) is 0 Å². The van der Waals surface area contributed by atoms with E-state index in [4.69, 9.17) is 9.47 Å². The molecule has 0 aliphatic carbocycles. The van der Waals surface area contributed by atoms with Gasteiger partial charge in [0, 0.05) is 4.88 Å². The quantitative estimate of drug-likeness (QED) is 0.753. The maximum Gasteiger partial charge on any atom is 0.0983 e. The Kier molecular flexibility index (Phi) is 4.24. The van der Waals surface area contributed by atoms with Gasteiger partial charge in [0.05, 0.1) is 34.5 Å². The summed E-state index contributed by atoms with van der Waals surface area (Å²) in [5.41, 5.74) is 1.27. The lowest BCUT2D eigenvalue weighted by Crippen LogP contribution is -2.31. The normalized spacial score (nSPS) is 24.1. The van der Waals surface area contributed by atoms with Gasteiger partial charge in [0.25, 0.3) is 0 Å². The standard InChI is InChI=1S/C10H12Br2O2S/c1-6-4-8(15-10(6)12)9(11)7-5-13-2-3-14-7/h4,7,9H,2-3,5H2,1H3. The predicted molar refractivity (Wildman–Crippen MR) is 69.0 cm³/mol. The molecule has 2 rings (SSSR count). The highest BCUT2D eigenvalue weighted by Gasteiger charge is 2.25. The first-order valence-electron chi connectivity index (χ1n) is 4.77. The number of alkyl halides is 1. The summed E-state index contributed by atoms with van der Waals surface area (Å²) < 4.78 is 12.3. The van der Waals surface area contributed by atoms with Crippen LogP contribution >= 0.6 is 43.2 Å². The lowest BCUT2D eigenvalue weighted by Gasteiger charge is -2.26. The van der Waals surface area contributed by atoms with Crippen LogP contribution in [0.2, 0.25) is 0 Å². The SMILES string of the molecule is Cc1cc(C(Br)C2COCCO2)sc1Br. The molecule has 1 fully saturated rings. The second-order valence-corrected chi connectivity index (χ2v) is 6.88. The molecule has 1 aliphatic heterocycles. The Morgan fingerprint density at radius 1 is 1.53 bits per heavy atom. The molecule has 0 amide bonds. The van der Waals surface area contributed by atoms with E-state index in [0.29, 0.717) is 19.8 Å². The summed E-state index contributed by atoms with van der Waals surface area (Å²) >= 11 is 8.96. The fourth-order valence-electron chi connectivity index (χ4n) is 1.48. The van der Waals surface area contributed by atoms with Gasteiger partial charge in [-0.15, -0.1) is 11.3 Å². The van der Waals surface area contributed by atoms with Gasteiger partial charge >= 0.3 is 0 Å². The Balaban J connectivity index is 2.08. The highest BCUT2D eigenvalue weighted by Crippen LogP contribution is 2.38. The van der Waals surface area contributed by atoms with E-state index in [1.165, 1.54) is 14.2 Å². The van der Waals surface area contributed by atoms with Crippen molar-refractivity contribution in [2.24, 2.45) is 0 Å². The summed E-state index contributed by atoms with van der Waals surface area (Å²) in [5, 5.41) is 0. The third-order valence-corrected chi connectivity index (χ3v) is 5.92. The minimum Gasteiger partial charge on any atom is -0.376 e. The van der Waals surface area contributed by atoms with Gasteiger partial charge in [-0.3, -0.25) is 0 Å². The zero-order chi connectivity index (χ0) is 10.8. The third-order valence-electron chi connectivity index (χ3n) is 2.32. The Morgan fingerprint density at radius 3 is 2.87 bits per heavy atom. The van der Waals surface area contributed by atoms with Crippen molar-refractivity contribution in [1.82, 2.24) is 0 Å². The molecule has 15 heavy (non-hydrogen) atoms. The molecule has 1 saturated heterocycles. The van der Waals surface area contributed by atoms with Gasteiger partial charge in [0.1, 0.15) is 0 Å². The molecule has 1 aliphatic rings. The first-order valence-corrected chi connectivity index (χ1v) is 7.30. The van der Waals surface area contributed by atoms with Gasteiger partial charge in [0.2, 0.25) is 0 Å². The minimum atomic E-state index is 0.128. The fraction of sp³-hybridized carbons (Fsp3) is 0.600. The molecule has 84 valence electrons. The molecule has 2 unspecified atom stereocenters. The second-order valence-electron chi connectivity index (χ2n) is 3.49. The van der Waals surface area contributed by atoms with Gasteiger partial charge in [-0.2, -0.15) is 0 Å². The van der Waals surface area contributed by atoms with E-state index in [-0.39, 0.29) is 10.9 Å². The van der Waals surface area contributed by atoms with E-state index in [0.717, 1.165) is 0 Å². The van der Waals surface area contributed by atoms with Crippen LogP contribution in [0.1, 0.15) is 15.3 Å². The minimum absolute atomic E-state index is 0.128. The first-order chi connectivity index (χ1) is 7.18. The van der Waals surface area contributed by atoms with E-state index in [2.05, 4.69) is 44.8 Å². The topological polar surface area (TPSA) is 18.5 Å². The molecule has 1 aromatic rings. The number of ether oxygens (including phenoxy) is 2. The van der Waals surface area contributed by atoms with Crippen molar-refractivity contribution in [2.45, 2.75) is 17.9 Å². The van der Waals surface area contributed by atoms with Gasteiger partial charge in [-0.25, -0.2) is 0 Å². The molecular weight excluding hydrogens is 344 g/mol. The highest BCUT2D eigenvalue weighted by atomic mass is 79.9. The number of hydrogen-bond acceptors (Lipinski definition) is 3. The van der Waals surface area contributed by atoms with Crippen LogP contribution in [0.3, 0.4) is 0 Å². The van der Waals surface area contributed by atoms with Gasteiger partial charge in [-0.1, -0.05) is 15.9 Å². The maximum atomic E-state index is 5.66. The van der Waals surface area contributed by atoms with Crippen molar-refractivity contribution in [2.75, 3.05) is 19.8 Å². The molecule has 0 bridgehead atoms. The van der Waals surface area contributed by atoms with Crippen LogP contribution in [0.4, 0.5) is 0 Å². The zero-order valence-corrected chi connectivity index (χ0v) is 12.3.